The van der Waals surface area contributed by atoms with Gasteiger partial charge >= 0.3 is 0 Å². The molecule has 1 rings (SSSR count). The molecule has 0 fully saturated rings. The molecular weight excluding hydrogens is 248 g/mol. The highest BCUT2D eigenvalue weighted by Gasteiger charge is 2.08. The number of nitrogens with one attached hydrogen (secondary N) is 1. The summed E-state index contributed by atoms with van der Waals surface area (Å²) < 4.78 is 10.3. The summed E-state index contributed by atoms with van der Waals surface area (Å²) >= 11 is 0. The summed E-state index contributed by atoms with van der Waals surface area (Å²) in [4.78, 5) is 11.8. The lowest BCUT2D eigenvalue weighted by Crippen LogP contribution is -2.27. The first-order valence-electron chi connectivity index (χ1n) is 6.18. The number of carbonyl (C=O) groups excluding carboxylic acids is 1. The topological polar surface area (TPSA) is 93.8 Å². The number of hydrogen-bond donors (Lipinski definition) is 3. The molecule has 0 unspecified atom stereocenters. The zero-order valence-electron chi connectivity index (χ0n) is 11.0. The predicted octanol–water partition coefficient (Wildman–Crippen LogP) is 0.406. The Morgan fingerprint density at radius 1 is 1.42 bits per heavy atom. The van der Waals surface area contributed by atoms with E-state index >= 15 is 0 Å². The lowest BCUT2D eigenvalue weighted by atomic mass is 10.2. The standard InChI is InChI=1S/C13H20N2O4/c1-2-19-12-4-3-10(9-11(12)14)13(17)15-5-7-18-8-6-16/h3-4,9,16H,2,5-8,14H2,1H3,(H,15,17). The molecule has 6 nitrogen and oxygen atoms in total. The molecule has 0 aliphatic carbocycles. The van der Waals surface area contributed by atoms with Gasteiger partial charge in [0.2, 0.25) is 0 Å². The van der Waals surface area contributed by atoms with E-state index in [9.17, 15) is 4.79 Å². The Morgan fingerprint density at radius 2 is 2.21 bits per heavy atom. The van der Waals surface area contributed by atoms with E-state index in [1.165, 1.54) is 0 Å². The third kappa shape index (κ3) is 5.15. The van der Waals surface area contributed by atoms with Gasteiger partial charge in [0.1, 0.15) is 5.75 Å². The smallest absolute Gasteiger partial charge is 0.251 e. The average molecular weight is 268 g/mol. The number of anilines is 1. The highest BCUT2D eigenvalue weighted by Crippen LogP contribution is 2.22. The van der Waals surface area contributed by atoms with Gasteiger partial charge in [-0.1, -0.05) is 0 Å². The van der Waals surface area contributed by atoms with Gasteiger partial charge in [-0.2, -0.15) is 0 Å². The number of hydrogen-bond acceptors (Lipinski definition) is 5. The molecule has 19 heavy (non-hydrogen) atoms. The van der Waals surface area contributed by atoms with E-state index in [1.54, 1.807) is 18.2 Å². The minimum Gasteiger partial charge on any atom is -0.492 e. The first kappa shape index (κ1) is 15.3. The first-order valence-corrected chi connectivity index (χ1v) is 6.18. The molecule has 1 aromatic rings. The molecule has 1 amide bonds. The fourth-order valence-corrected chi connectivity index (χ4v) is 1.48. The van der Waals surface area contributed by atoms with Crippen molar-refractivity contribution in [2.45, 2.75) is 6.92 Å². The van der Waals surface area contributed by atoms with Gasteiger partial charge in [-0.15, -0.1) is 0 Å². The zero-order chi connectivity index (χ0) is 14.1. The van der Waals surface area contributed by atoms with Crippen LogP contribution < -0.4 is 15.8 Å². The van der Waals surface area contributed by atoms with Crippen LogP contribution in [0.15, 0.2) is 18.2 Å². The number of nitrogen functional groups attached to an aromatic ring is 1. The molecule has 0 aromatic heterocycles. The van der Waals surface area contributed by atoms with Crippen LogP contribution in [0.3, 0.4) is 0 Å². The number of aliphatic hydroxyl groups excluding tert-OH is 1. The SMILES string of the molecule is CCOc1ccc(C(=O)NCCOCCO)cc1N. The Morgan fingerprint density at radius 3 is 2.84 bits per heavy atom. The Kier molecular flexibility index (Phi) is 6.70. The van der Waals surface area contributed by atoms with Crippen LogP contribution in [0.1, 0.15) is 17.3 Å². The predicted molar refractivity (Wildman–Crippen MR) is 72.3 cm³/mol. The van der Waals surface area contributed by atoms with Crippen LogP contribution in [0.25, 0.3) is 0 Å². The molecule has 4 N–H and O–H groups in total. The molecule has 0 spiro atoms. The van der Waals surface area contributed by atoms with E-state index in [2.05, 4.69) is 5.32 Å². The maximum absolute atomic E-state index is 11.8. The number of benzene rings is 1. The van der Waals surface area contributed by atoms with Gasteiger partial charge in [0.05, 0.1) is 32.1 Å². The molecule has 0 radical (unpaired) electrons. The van der Waals surface area contributed by atoms with Crippen LogP contribution in [-0.2, 0) is 4.74 Å². The van der Waals surface area contributed by atoms with Crippen molar-refractivity contribution < 1.29 is 19.4 Å². The van der Waals surface area contributed by atoms with E-state index in [1.807, 2.05) is 6.92 Å². The maximum Gasteiger partial charge on any atom is 0.251 e. The van der Waals surface area contributed by atoms with Crippen molar-refractivity contribution in [3.63, 3.8) is 0 Å². The van der Waals surface area contributed by atoms with E-state index in [0.717, 1.165) is 0 Å². The van der Waals surface area contributed by atoms with Crippen molar-refractivity contribution in [2.24, 2.45) is 0 Å². The number of nitrogens with two attached hydrogens (primary N) is 1. The Hall–Kier alpha value is -1.79. The molecule has 0 saturated carbocycles. The highest BCUT2D eigenvalue weighted by molar-refractivity contribution is 5.95. The second-order valence-electron chi connectivity index (χ2n) is 3.78. The normalized spacial score (nSPS) is 10.2. The van der Waals surface area contributed by atoms with Crippen molar-refractivity contribution >= 4 is 11.6 Å². The molecule has 0 aliphatic heterocycles. The highest BCUT2D eigenvalue weighted by atomic mass is 16.5. The lowest BCUT2D eigenvalue weighted by molar-refractivity contribution is 0.0838. The molecular formula is C13H20N2O4. The van der Waals surface area contributed by atoms with Crippen LogP contribution in [0.5, 0.6) is 5.75 Å². The lowest BCUT2D eigenvalue weighted by Gasteiger charge is -2.09. The summed E-state index contributed by atoms with van der Waals surface area (Å²) in [5, 5.41) is 11.2. The fourth-order valence-electron chi connectivity index (χ4n) is 1.48. The van der Waals surface area contributed by atoms with Crippen molar-refractivity contribution in [3.8, 4) is 5.75 Å². The molecule has 0 saturated heterocycles. The third-order valence-electron chi connectivity index (χ3n) is 2.34. The molecule has 106 valence electrons. The van der Waals surface area contributed by atoms with E-state index in [0.29, 0.717) is 36.8 Å². The van der Waals surface area contributed by atoms with Crippen LogP contribution >= 0.6 is 0 Å². The van der Waals surface area contributed by atoms with Gasteiger partial charge in [0.25, 0.3) is 5.91 Å². The minimum absolute atomic E-state index is 0.0244. The van der Waals surface area contributed by atoms with Gasteiger partial charge in [0, 0.05) is 12.1 Å². The zero-order valence-corrected chi connectivity index (χ0v) is 11.0. The Bertz CT molecular complexity index is 410. The van der Waals surface area contributed by atoms with Crippen LogP contribution in [-0.4, -0.2) is 44.0 Å². The Balaban J connectivity index is 2.46. The van der Waals surface area contributed by atoms with Crippen LogP contribution in [0.4, 0.5) is 5.69 Å². The number of rotatable bonds is 8. The van der Waals surface area contributed by atoms with Gasteiger partial charge < -0.3 is 25.6 Å². The molecule has 0 heterocycles. The summed E-state index contributed by atoms with van der Waals surface area (Å²) in [6.07, 6.45) is 0. The summed E-state index contributed by atoms with van der Waals surface area (Å²) in [5.74, 6) is 0.354. The van der Waals surface area contributed by atoms with Gasteiger partial charge in [0.15, 0.2) is 0 Å². The average Bonchev–Trinajstić information content (AvgIpc) is 2.41. The summed E-state index contributed by atoms with van der Waals surface area (Å²) in [6, 6.07) is 4.91. The first-order chi connectivity index (χ1) is 9.19. The number of aliphatic hydroxyl groups is 1. The van der Waals surface area contributed by atoms with Crippen LogP contribution in [0, 0.1) is 0 Å². The van der Waals surface area contributed by atoms with E-state index in [4.69, 9.17) is 20.3 Å². The number of amides is 1. The van der Waals surface area contributed by atoms with Gasteiger partial charge in [-0.25, -0.2) is 0 Å². The second-order valence-corrected chi connectivity index (χ2v) is 3.78. The van der Waals surface area contributed by atoms with Crippen molar-refractivity contribution in [3.05, 3.63) is 23.8 Å². The molecule has 1 aromatic carbocycles. The second kappa shape index (κ2) is 8.34. The third-order valence-corrected chi connectivity index (χ3v) is 2.34. The molecule has 6 heteroatoms. The Labute approximate surface area is 112 Å². The monoisotopic (exact) mass is 268 g/mol. The fraction of sp³-hybridized carbons (Fsp3) is 0.462. The number of ether oxygens (including phenoxy) is 2. The maximum atomic E-state index is 11.8. The van der Waals surface area contributed by atoms with Gasteiger partial charge in [-0.05, 0) is 25.1 Å². The quantitative estimate of drug-likeness (QED) is 0.469. The van der Waals surface area contributed by atoms with Crippen molar-refractivity contribution in [2.75, 3.05) is 38.7 Å². The largest absolute Gasteiger partial charge is 0.492 e. The van der Waals surface area contributed by atoms with E-state index < -0.39 is 0 Å². The van der Waals surface area contributed by atoms with Crippen molar-refractivity contribution in [1.29, 1.82) is 0 Å². The summed E-state index contributed by atoms with van der Waals surface area (Å²) in [7, 11) is 0. The molecule has 0 atom stereocenters. The molecule has 0 bridgehead atoms. The number of carbonyl (C=O) groups is 1. The van der Waals surface area contributed by atoms with E-state index in [-0.39, 0.29) is 19.1 Å². The van der Waals surface area contributed by atoms with Crippen molar-refractivity contribution in [1.82, 2.24) is 5.32 Å². The molecule has 0 aliphatic rings. The summed E-state index contributed by atoms with van der Waals surface area (Å²) in [5.41, 5.74) is 6.69. The van der Waals surface area contributed by atoms with Crippen LogP contribution in [0.2, 0.25) is 0 Å². The summed E-state index contributed by atoms with van der Waals surface area (Å²) in [6.45, 7) is 3.38. The van der Waals surface area contributed by atoms with Gasteiger partial charge in [-0.3, -0.25) is 4.79 Å². The minimum atomic E-state index is -0.220.